The Morgan fingerprint density at radius 1 is 1.12 bits per heavy atom. The highest BCUT2D eigenvalue weighted by atomic mass is 32.2. The highest BCUT2D eigenvalue weighted by Crippen LogP contribution is 2.32. The Morgan fingerprint density at radius 3 is 2.76 bits per heavy atom. The van der Waals surface area contributed by atoms with Crippen LogP contribution in [0.5, 0.6) is 5.75 Å². The van der Waals surface area contributed by atoms with E-state index in [1.165, 1.54) is 15.9 Å². The first-order chi connectivity index (χ1) is 15.9. The number of anilines is 1. The van der Waals surface area contributed by atoms with Crippen LogP contribution in [0.2, 0.25) is 0 Å². The first kappa shape index (κ1) is 21.4. The van der Waals surface area contributed by atoms with Crippen LogP contribution in [-0.4, -0.2) is 35.3 Å². The molecule has 168 valence electrons. The fraction of sp³-hybridized carbons (Fsp3) is 0.174. The van der Waals surface area contributed by atoms with E-state index in [4.69, 9.17) is 4.74 Å². The molecule has 0 bridgehead atoms. The van der Waals surface area contributed by atoms with Crippen LogP contribution in [0.25, 0.3) is 15.9 Å². The number of thiophene rings is 1. The first-order valence-electron chi connectivity index (χ1n) is 10.2. The highest BCUT2D eigenvalue weighted by molar-refractivity contribution is 7.91. The van der Waals surface area contributed by atoms with Crippen molar-refractivity contribution < 1.29 is 13.2 Å². The fourth-order valence-electron chi connectivity index (χ4n) is 3.75. The molecule has 3 aromatic heterocycles. The minimum atomic E-state index is -3.92. The summed E-state index contributed by atoms with van der Waals surface area (Å²) in [4.78, 5) is 4.88. The van der Waals surface area contributed by atoms with Crippen molar-refractivity contribution in [3.8, 4) is 5.75 Å². The molecule has 0 aliphatic rings. The van der Waals surface area contributed by atoms with Crippen molar-refractivity contribution in [3.05, 3.63) is 70.6 Å². The van der Waals surface area contributed by atoms with Gasteiger partial charge in [0.1, 0.15) is 11.6 Å². The third-order valence-corrected chi connectivity index (χ3v) is 8.15. The second kappa shape index (κ2) is 8.13. The van der Waals surface area contributed by atoms with Gasteiger partial charge in [0, 0.05) is 12.1 Å². The zero-order valence-electron chi connectivity index (χ0n) is 18.2. The summed E-state index contributed by atoms with van der Waals surface area (Å²) in [7, 11) is -2.30. The van der Waals surface area contributed by atoms with Gasteiger partial charge in [-0.25, -0.2) is 13.4 Å². The predicted molar refractivity (Wildman–Crippen MR) is 128 cm³/mol. The van der Waals surface area contributed by atoms with Gasteiger partial charge in [-0.05, 0) is 48.6 Å². The van der Waals surface area contributed by atoms with Gasteiger partial charge >= 0.3 is 0 Å². The smallest absolute Gasteiger partial charge is 0.229 e. The van der Waals surface area contributed by atoms with Gasteiger partial charge in [-0.1, -0.05) is 35.5 Å². The van der Waals surface area contributed by atoms with E-state index in [2.05, 4.69) is 20.6 Å². The van der Waals surface area contributed by atoms with Crippen LogP contribution < -0.4 is 10.1 Å². The fourth-order valence-corrected chi connectivity index (χ4v) is 6.14. The number of para-hydroxylation sites is 1. The molecule has 0 atom stereocenters. The Balaban J connectivity index is 1.64. The maximum atomic E-state index is 13.5. The van der Waals surface area contributed by atoms with Crippen molar-refractivity contribution in [1.82, 2.24) is 19.8 Å². The molecule has 0 saturated heterocycles. The molecule has 8 nitrogen and oxygen atoms in total. The highest BCUT2D eigenvalue weighted by Gasteiger charge is 2.28. The second-order valence-electron chi connectivity index (χ2n) is 7.66. The Hall–Kier alpha value is -3.50. The van der Waals surface area contributed by atoms with Crippen LogP contribution >= 0.6 is 11.3 Å². The Bertz CT molecular complexity index is 1610. The molecule has 0 fully saturated rings. The number of hydrogen-bond donors (Lipinski definition) is 1. The average molecular weight is 480 g/mol. The molecule has 33 heavy (non-hydrogen) atoms. The number of methoxy groups -OCH3 is 1. The van der Waals surface area contributed by atoms with Crippen molar-refractivity contribution >= 4 is 42.9 Å². The third-order valence-electron chi connectivity index (χ3n) is 5.45. The van der Waals surface area contributed by atoms with E-state index in [9.17, 15) is 8.42 Å². The third kappa shape index (κ3) is 3.61. The van der Waals surface area contributed by atoms with Gasteiger partial charge in [-0.2, -0.15) is 4.52 Å². The number of fused-ring (bicyclic) bond motifs is 3. The molecule has 0 saturated carbocycles. The number of hydrogen-bond acceptors (Lipinski definition) is 8. The van der Waals surface area contributed by atoms with Crippen molar-refractivity contribution in [3.63, 3.8) is 0 Å². The molecular formula is C23H21N5O3S2. The standard InChI is InChI=1S/C23H21N5O3S2/c1-14-8-9-15(2)19(12-14)33(29,30)23-22-25-21(20-17(10-11-32-20)28(22)27-26-23)24-13-16-6-4-5-7-18(16)31-3/h4-12H,13H2,1-3H3,(H,24,25). The van der Waals surface area contributed by atoms with Gasteiger partial charge in [-0.3, -0.25) is 0 Å². The summed E-state index contributed by atoms with van der Waals surface area (Å²) in [6.45, 7) is 4.08. The number of aromatic nitrogens is 4. The van der Waals surface area contributed by atoms with Crippen molar-refractivity contribution in [2.24, 2.45) is 0 Å². The van der Waals surface area contributed by atoms with Gasteiger partial charge < -0.3 is 10.1 Å². The van der Waals surface area contributed by atoms with E-state index in [0.717, 1.165) is 27.1 Å². The van der Waals surface area contributed by atoms with E-state index in [-0.39, 0.29) is 15.6 Å². The van der Waals surface area contributed by atoms with Gasteiger partial charge in [-0.15, -0.1) is 16.4 Å². The summed E-state index contributed by atoms with van der Waals surface area (Å²) >= 11 is 1.50. The van der Waals surface area contributed by atoms with Crippen LogP contribution in [0.1, 0.15) is 16.7 Å². The number of benzene rings is 2. The summed E-state index contributed by atoms with van der Waals surface area (Å²) in [5.74, 6) is 1.33. The minimum absolute atomic E-state index is 0.162. The van der Waals surface area contributed by atoms with Gasteiger partial charge in [0.05, 0.1) is 22.2 Å². The maximum absolute atomic E-state index is 13.5. The molecule has 0 spiro atoms. The molecule has 0 aliphatic heterocycles. The quantitative estimate of drug-likeness (QED) is 0.385. The molecule has 1 N–H and O–H groups in total. The lowest BCUT2D eigenvalue weighted by molar-refractivity contribution is 0.410. The molecule has 0 aliphatic carbocycles. The van der Waals surface area contributed by atoms with Crippen LogP contribution in [0.3, 0.4) is 0 Å². The lowest BCUT2D eigenvalue weighted by Crippen LogP contribution is -2.08. The van der Waals surface area contributed by atoms with Crippen LogP contribution in [0, 0.1) is 13.8 Å². The number of aryl methyl sites for hydroxylation is 2. The van der Waals surface area contributed by atoms with E-state index in [0.29, 0.717) is 17.9 Å². The summed E-state index contributed by atoms with van der Waals surface area (Å²) in [6, 6.07) is 14.9. The second-order valence-corrected chi connectivity index (χ2v) is 10.4. The zero-order valence-corrected chi connectivity index (χ0v) is 19.9. The average Bonchev–Trinajstić information content (AvgIpc) is 3.46. The summed E-state index contributed by atoms with van der Waals surface area (Å²) < 4.78 is 34.9. The molecule has 3 heterocycles. The Labute approximate surface area is 194 Å². The topological polar surface area (TPSA) is 98.5 Å². The first-order valence-corrected chi connectivity index (χ1v) is 12.6. The van der Waals surface area contributed by atoms with Gasteiger partial charge in [0.15, 0.2) is 5.65 Å². The summed E-state index contributed by atoms with van der Waals surface area (Å²) in [5, 5.41) is 13.3. The molecular weight excluding hydrogens is 458 g/mol. The Kier molecular flexibility index (Phi) is 5.26. The van der Waals surface area contributed by atoms with Crippen LogP contribution in [0.4, 0.5) is 5.82 Å². The van der Waals surface area contributed by atoms with Crippen LogP contribution in [0.15, 0.2) is 63.8 Å². The number of nitrogens with zero attached hydrogens (tertiary/aromatic N) is 4. The van der Waals surface area contributed by atoms with Crippen molar-refractivity contribution in [1.29, 1.82) is 0 Å². The van der Waals surface area contributed by atoms with Gasteiger partial charge in [0.25, 0.3) is 0 Å². The molecule has 0 amide bonds. The summed E-state index contributed by atoms with van der Waals surface area (Å²) in [6.07, 6.45) is 0. The van der Waals surface area contributed by atoms with E-state index in [1.807, 2.05) is 48.7 Å². The Morgan fingerprint density at radius 2 is 1.94 bits per heavy atom. The lowest BCUT2D eigenvalue weighted by atomic mass is 10.2. The van der Waals surface area contributed by atoms with E-state index >= 15 is 0 Å². The van der Waals surface area contributed by atoms with Crippen LogP contribution in [-0.2, 0) is 16.4 Å². The number of ether oxygens (including phenoxy) is 1. The minimum Gasteiger partial charge on any atom is -0.496 e. The summed E-state index contributed by atoms with van der Waals surface area (Å²) in [5.41, 5.74) is 3.38. The predicted octanol–water partition coefficient (Wildman–Crippen LogP) is 4.41. The molecule has 0 radical (unpaired) electrons. The monoisotopic (exact) mass is 479 g/mol. The molecule has 5 rings (SSSR count). The SMILES string of the molecule is COc1ccccc1CNc1nc2c(S(=O)(=O)c3cc(C)ccc3C)nnn2c2ccsc12. The van der Waals surface area contributed by atoms with E-state index in [1.54, 1.807) is 26.2 Å². The number of nitrogens with one attached hydrogen (secondary N) is 1. The molecule has 2 aromatic carbocycles. The molecule has 5 aromatic rings. The largest absolute Gasteiger partial charge is 0.496 e. The number of sulfone groups is 1. The molecule has 0 unspecified atom stereocenters. The van der Waals surface area contributed by atoms with Gasteiger partial charge in [0.2, 0.25) is 14.9 Å². The van der Waals surface area contributed by atoms with Crippen molar-refractivity contribution in [2.45, 2.75) is 30.3 Å². The number of rotatable bonds is 6. The zero-order chi connectivity index (χ0) is 23.2. The van der Waals surface area contributed by atoms with Crippen molar-refractivity contribution in [2.75, 3.05) is 12.4 Å². The lowest BCUT2D eigenvalue weighted by Gasteiger charge is -2.11. The maximum Gasteiger partial charge on any atom is 0.229 e. The molecule has 10 heteroatoms. The normalized spacial score (nSPS) is 11.8. The van der Waals surface area contributed by atoms with E-state index < -0.39 is 9.84 Å².